The molecule has 2 aromatic carbocycles. The predicted molar refractivity (Wildman–Crippen MR) is 80.7 cm³/mol. The van der Waals surface area contributed by atoms with Crippen LogP contribution in [0.4, 0.5) is 0 Å². The van der Waals surface area contributed by atoms with Gasteiger partial charge in [-0.1, -0.05) is 6.07 Å². The SMILES string of the molecule is N#Cc1cc(C#N)cc(Oc2cccc(OC(=O)C3CC3)c2)c1. The van der Waals surface area contributed by atoms with Crippen molar-refractivity contribution in [3.05, 3.63) is 53.6 Å². The second kappa shape index (κ2) is 6.21. The lowest BCUT2D eigenvalue weighted by molar-refractivity contribution is -0.135. The molecule has 0 heterocycles. The molecule has 0 N–H and O–H groups in total. The molecular weight excluding hydrogens is 292 g/mol. The Bertz CT molecular complexity index is 810. The zero-order valence-electron chi connectivity index (χ0n) is 12.2. The Kier molecular flexibility index (Phi) is 3.95. The second-order valence-electron chi connectivity index (χ2n) is 5.24. The van der Waals surface area contributed by atoms with Gasteiger partial charge in [-0.25, -0.2) is 0 Å². The van der Waals surface area contributed by atoms with Crippen LogP contribution in [0.3, 0.4) is 0 Å². The van der Waals surface area contributed by atoms with Crippen molar-refractivity contribution in [2.45, 2.75) is 12.8 Å². The van der Waals surface area contributed by atoms with E-state index < -0.39 is 0 Å². The van der Waals surface area contributed by atoms with Crippen LogP contribution in [0.2, 0.25) is 0 Å². The summed E-state index contributed by atoms with van der Waals surface area (Å²) in [6.07, 6.45) is 1.76. The van der Waals surface area contributed by atoms with Crippen LogP contribution in [-0.2, 0) is 4.79 Å². The van der Waals surface area contributed by atoms with E-state index in [-0.39, 0.29) is 11.9 Å². The van der Waals surface area contributed by atoms with Gasteiger partial charge in [-0.2, -0.15) is 10.5 Å². The molecular formula is C18H12N2O3. The first-order chi connectivity index (χ1) is 11.2. The predicted octanol–water partition coefficient (Wildman–Crippen LogP) is 3.54. The molecule has 0 amide bonds. The number of esters is 1. The van der Waals surface area contributed by atoms with Crippen molar-refractivity contribution in [3.63, 3.8) is 0 Å². The summed E-state index contributed by atoms with van der Waals surface area (Å²) in [4.78, 5) is 11.7. The van der Waals surface area contributed by atoms with Crippen molar-refractivity contribution in [3.8, 4) is 29.4 Å². The monoisotopic (exact) mass is 304 g/mol. The van der Waals surface area contributed by atoms with E-state index in [0.29, 0.717) is 28.4 Å². The fourth-order valence-corrected chi connectivity index (χ4v) is 2.04. The van der Waals surface area contributed by atoms with E-state index in [9.17, 15) is 4.79 Å². The van der Waals surface area contributed by atoms with E-state index in [4.69, 9.17) is 20.0 Å². The highest BCUT2D eigenvalue weighted by atomic mass is 16.5. The van der Waals surface area contributed by atoms with Crippen LogP contribution in [0.15, 0.2) is 42.5 Å². The maximum atomic E-state index is 11.7. The van der Waals surface area contributed by atoms with Crippen LogP contribution in [-0.4, -0.2) is 5.97 Å². The van der Waals surface area contributed by atoms with E-state index in [0.717, 1.165) is 12.8 Å². The fourth-order valence-electron chi connectivity index (χ4n) is 2.04. The standard InChI is InChI=1S/C18H12N2O3/c19-10-12-6-13(11-20)8-17(7-12)22-15-2-1-3-16(9-15)23-18(21)14-4-5-14/h1-3,6-9,14H,4-5H2. The minimum Gasteiger partial charge on any atom is -0.457 e. The lowest BCUT2D eigenvalue weighted by Gasteiger charge is -2.08. The van der Waals surface area contributed by atoms with Gasteiger partial charge in [0.05, 0.1) is 29.2 Å². The number of rotatable bonds is 4. The maximum Gasteiger partial charge on any atom is 0.314 e. The minimum absolute atomic E-state index is 0.0186. The number of nitrogens with zero attached hydrogens (tertiary/aromatic N) is 2. The van der Waals surface area contributed by atoms with Gasteiger partial charge >= 0.3 is 5.97 Å². The Labute approximate surface area is 133 Å². The first kappa shape index (κ1) is 14.6. The highest BCUT2D eigenvalue weighted by molar-refractivity contribution is 5.77. The molecule has 0 unspecified atom stereocenters. The molecule has 1 aliphatic carbocycles. The molecule has 0 saturated heterocycles. The van der Waals surface area contributed by atoms with Crippen LogP contribution in [0, 0.1) is 28.6 Å². The van der Waals surface area contributed by atoms with Crippen molar-refractivity contribution in [1.29, 1.82) is 10.5 Å². The van der Waals surface area contributed by atoms with Gasteiger partial charge in [0.15, 0.2) is 0 Å². The molecule has 1 aliphatic rings. The zero-order chi connectivity index (χ0) is 16.2. The topological polar surface area (TPSA) is 83.1 Å². The molecule has 112 valence electrons. The summed E-state index contributed by atoms with van der Waals surface area (Å²) in [7, 11) is 0. The molecule has 1 fully saturated rings. The smallest absolute Gasteiger partial charge is 0.314 e. The Morgan fingerprint density at radius 2 is 1.61 bits per heavy atom. The molecule has 0 spiro atoms. The largest absolute Gasteiger partial charge is 0.457 e. The Balaban J connectivity index is 1.79. The molecule has 0 aliphatic heterocycles. The molecule has 1 saturated carbocycles. The first-order valence-electron chi connectivity index (χ1n) is 7.13. The van der Waals surface area contributed by atoms with Crippen molar-refractivity contribution < 1.29 is 14.3 Å². The molecule has 23 heavy (non-hydrogen) atoms. The van der Waals surface area contributed by atoms with E-state index >= 15 is 0 Å². The molecule has 2 aromatic rings. The Morgan fingerprint density at radius 3 is 2.22 bits per heavy atom. The summed E-state index contributed by atoms with van der Waals surface area (Å²) in [5.41, 5.74) is 0.686. The summed E-state index contributed by atoms with van der Waals surface area (Å²) in [6.45, 7) is 0. The number of ether oxygens (including phenoxy) is 2. The van der Waals surface area contributed by atoms with Crippen molar-refractivity contribution in [1.82, 2.24) is 0 Å². The van der Waals surface area contributed by atoms with Gasteiger partial charge in [-0.15, -0.1) is 0 Å². The Morgan fingerprint density at radius 1 is 0.957 bits per heavy atom. The van der Waals surface area contributed by atoms with Gasteiger partial charge in [-0.3, -0.25) is 4.79 Å². The van der Waals surface area contributed by atoms with Crippen LogP contribution >= 0.6 is 0 Å². The molecule has 0 atom stereocenters. The Hall–Kier alpha value is -3.31. The number of carbonyl (C=O) groups is 1. The number of hydrogen-bond acceptors (Lipinski definition) is 5. The van der Waals surface area contributed by atoms with Crippen molar-refractivity contribution >= 4 is 5.97 Å². The third kappa shape index (κ3) is 3.66. The van der Waals surface area contributed by atoms with Crippen LogP contribution < -0.4 is 9.47 Å². The second-order valence-corrected chi connectivity index (χ2v) is 5.24. The molecule has 5 nitrogen and oxygen atoms in total. The molecule has 0 bridgehead atoms. The zero-order valence-corrected chi connectivity index (χ0v) is 12.2. The molecule has 3 rings (SSSR count). The minimum atomic E-state index is -0.222. The average molecular weight is 304 g/mol. The lowest BCUT2D eigenvalue weighted by atomic mass is 10.1. The highest BCUT2D eigenvalue weighted by Gasteiger charge is 2.31. The van der Waals surface area contributed by atoms with Gasteiger partial charge in [0, 0.05) is 6.07 Å². The van der Waals surface area contributed by atoms with E-state index in [1.54, 1.807) is 36.4 Å². The van der Waals surface area contributed by atoms with Gasteiger partial charge < -0.3 is 9.47 Å². The highest BCUT2D eigenvalue weighted by Crippen LogP contribution is 2.32. The summed E-state index contributed by atoms with van der Waals surface area (Å²) in [5, 5.41) is 18.0. The summed E-state index contributed by atoms with van der Waals surface area (Å²) in [6, 6.07) is 15.2. The van der Waals surface area contributed by atoms with Crippen molar-refractivity contribution in [2.24, 2.45) is 5.92 Å². The van der Waals surface area contributed by atoms with E-state index in [1.165, 1.54) is 6.07 Å². The molecule has 0 radical (unpaired) electrons. The van der Waals surface area contributed by atoms with Crippen molar-refractivity contribution in [2.75, 3.05) is 0 Å². The fraction of sp³-hybridized carbons (Fsp3) is 0.167. The summed E-state index contributed by atoms with van der Waals surface area (Å²) in [5.74, 6) is 1.05. The third-order valence-corrected chi connectivity index (χ3v) is 3.34. The summed E-state index contributed by atoms with van der Waals surface area (Å²) >= 11 is 0. The quantitative estimate of drug-likeness (QED) is 0.637. The number of hydrogen-bond donors (Lipinski definition) is 0. The lowest BCUT2D eigenvalue weighted by Crippen LogP contribution is -2.09. The first-order valence-corrected chi connectivity index (χ1v) is 7.13. The normalized spacial score (nSPS) is 12.8. The molecule has 5 heteroatoms. The molecule has 0 aromatic heterocycles. The van der Waals surface area contributed by atoms with Crippen LogP contribution in [0.25, 0.3) is 0 Å². The average Bonchev–Trinajstić information content (AvgIpc) is 3.39. The van der Waals surface area contributed by atoms with Crippen LogP contribution in [0.1, 0.15) is 24.0 Å². The number of benzene rings is 2. The van der Waals surface area contributed by atoms with Gasteiger partial charge in [0.1, 0.15) is 17.2 Å². The maximum absolute atomic E-state index is 11.7. The third-order valence-electron chi connectivity index (χ3n) is 3.34. The number of nitriles is 2. The van der Waals surface area contributed by atoms with Crippen LogP contribution in [0.5, 0.6) is 17.2 Å². The summed E-state index contributed by atoms with van der Waals surface area (Å²) < 4.78 is 11.0. The van der Waals surface area contributed by atoms with Gasteiger partial charge in [0.25, 0.3) is 0 Å². The van der Waals surface area contributed by atoms with Gasteiger partial charge in [-0.05, 0) is 43.2 Å². The van der Waals surface area contributed by atoms with E-state index in [2.05, 4.69) is 0 Å². The number of carbonyl (C=O) groups excluding carboxylic acids is 1. The van der Waals surface area contributed by atoms with Gasteiger partial charge in [0.2, 0.25) is 0 Å². The van der Waals surface area contributed by atoms with E-state index in [1.807, 2.05) is 12.1 Å².